The predicted molar refractivity (Wildman–Crippen MR) is 77.0 cm³/mol. The molecule has 4 atom stereocenters. The number of aliphatic hydroxyl groups excluding tert-OH is 1. The second-order valence-electron chi connectivity index (χ2n) is 6.45. The molecule has 1 saturated carbocycles. The maximum Gasteiger partial charge on any atom is 0.318 e. The number of carbonyl (C=O) groups is 2. The standard InChI is InChI=1S/C14H25N3O4/c1-16(2)7-11-6-12(18)8-17(11)14(21)15-10-4-3-9(5-10)13(19)20/h9-12,18H,3-8H2,1-2H3,(H,15,21)(H,19,20)/t9-,10+,11?,12?/m1/s1. The summed E-state index contributed by atoms with van der Waals surface area (Å²) >= 11 is 0. The molecule has 21 heavy (non-hydrogen) atoms. The molecule has 0 aromatic rings. The Morgan fingerprint density at radius 2 is 2.00 bits per heavy atom. The zero-order chi connectivity index (χ0) is 15.6. The van der Waals surface area contributed by atoms with Crippen molar-refractivity contribution in [3.8, 4) is 0 Å². The lowest BCUT2D eigenvalue weighted by atomic mass is 10.1. The van der Waals surface area contributed by atoms with Gasteiger partial charge in [0.2, 0.25) is 0 Å². The van der Waals surface area contributed by atoms with E-state index < -0.39 is 12.1 Å². The summed E-state index contributed by atoms with van der Waals surface area (Å²) in [5.74, 6) is -1.13. The highest BCUT2D eigenvalue weighted by Crippen LogP contribution is 2.26. The van der Waals surface area contributed by atoms with Crippen LogP contribution in [0.1, 0.15) is 25.7 Å². The molecule has 2 amide bonds. The molecule has 1 saturated heterocycles. The average Bonchev–Trinajstić information content (AvgIpc) is 2.95. The number of aliphatic carboxylic acids is 1. The van der Waals surface area contributed by atoms with Gasteiger partial charge < -0.3 is 25.3 Å². The first-order chi connectivity index (χ1) is 9.86. The normalized spacial score (nSPS) is 32.7. The Kier molecular flexibility index (Phi) is 5.05. The van der Waals surface area contributed by atoms with E-state index in [1.54, 1.807) is 4.90 Å². The largest absolute Gasteiger partial charge is 0.481 e. The van der Waals surface area contributed by atoms with Crippen LogP contribution >= 0.6 is 0 Å². The molecule has 0 bridgehead atoms. The molecular weight excluding hydrogens is 274 g/mol. The molecule has 2 rings (SSSR count). The van der Waals surface area contributed by atoms with Gasteiger partial charge in [0.1, 0.15) is 0 Å². The SMILES string of the molecule is CN(C)CC1CC(O)CN1C(=O)N[C@H]1CC[C@@H](C(=O)O)C1. The number of amides is 2. The smallest absolute Gasteiger partial charge is 0.318 e. The number of urea groups is 1. The monoisotopic (exact) mass is 299 g/mol. The summed E-state index contributed by atoms with van der Waals surface area (Å²) in [5.41, 5.74) is 0. The van der Waals surface area contributed by atoms with Crippen molar-refractivity contribution in [3.63, 3.8) is 0 Å². The van der Waals surface area contributed by atoms with Gasteiger partial charge in [0.25, 0.3) is 0 Å². The van der Waals surface area contributed by atoms with Crippen molar-refractivity contribution in [2.75, 3.05) is 27.2 Å². The van der Waals surface area contributed by atoms with Crippen LogP contribution in [0.25, 0.3) is 0 Å². The molecule has 1 aliphatic carbocycles. The summed E-state index contributed by atoms with van der Waals surface area (Å²) in [4.78, 5) is 27.0. The van der Waals surface area contributed by atoms with Gasteiger partial charge in [-0.3, -0.25) is 4.79 Å². The van der Waals surface area contributed by atoms with Crippen LogP contribution in [0, 0.1) is 5.92 Å². The molecule has 0 aromatic carbocycles. The Balaban J connectivity index is 1.88. The van der Waals surface area contributed by atoms with Crippen LogP contribution in [-0.4, -0.2) is 77.4 Å². The van der Waals surface area contributed by atoms with E-state index in [-0.39, 0.29) is 24.0 Å². The Bertz CT molecular complexity index is 402. The number of carboxylic acids is 1. The number of hydrogen-bond acceptors (Lipinski definition) is 4. The van der Waals surface area contributed by atoms with Gasteiger partial charge in [-0.1, -0.05) is 0 Å². The van der Waals surface area contributed by atoms with E-state index in [9.17, 15) is 14.7 Å². The second-order valence-corrected chi connectivity index (χ2v) is 6.45. The Hall–Kier alpha value is -1.34. The van der Waals surface area contributed by atoms with Crippen LogP contribution in [0.15, 0.2) is 0 Å². The van der Waals surface area contributed by atoms with Gasteiger partial charge in [-0.25, -0.2) is 4.79 Å². The zero-order valence-corrected chi connectivity index (χ0v) is 12.7. The minimum absolute atomic E-state index is 0.00618. The molecule has 1 aliphatic heterocycles. The van der Waals surface area contributed by atoms with E-state index in [4.69, 9.17) is 5.11 Å². The molecule has 7 nitrogen and oxygen atoms in total. The van der Waals surface area contributed by atoms with E-state index in [0.29, 0.717) is 38.8 Å². The number of nitrogens with one attached hydrogen (secondary N) is 1. The number of β-amino-alcohol motifs (C(OH)–C–C–N with tert-alkyl or cyclic N) is 1. The fraction of sp³-hybridized carbons (Fsp3) is 0.857. The van der Waals surface area contributed by atoms with Gasteiger partial charge in [0.05, 0.1) is 12.0 Å². The molecule has 0 aromatic heterocycles. The minimum atomic E-state index is -0.783. The van der Waals surface area contributed by atoms with Crippen molar-refractivity contribution in [3.05, 3.63) is 0 Å². The van der Waals surface area contributed by atoms with Crippen molar-refractivity contribution >= 4 is 12.0 Å². The molecule has 3 N–H and O–H groups in total. The highest BCUT2D eigenvalue weighted by molar-refractivity contribution is 5.76. The third-order valence-electron chi connectivity index (χ3n) is 4.34. The molecule has 2 aliphatic rings. The first kappa shape index (κ1) is 16.0. The number of likely N-dealkylation sites (tertiary alicyclic amines) is 1. The Morgan fingerprint density at radius 1 is 1.29 bits per heavy atom. The highest BCUT2D eigenvalue weighted by atomic mass is 16.4. The lowest BCUT2D eigenvalue weighted by molar-refractivity contribution is -0.141. The van der Waals surface area contributed by atoms with Crippen LogP contribution in [0.3, 0.4) is 0 Å². The number of rotatable bonds is 4. The highest BCUT2D eigenvalue weighted by Gasteiger charge is 2.37. The van der Waals surface area contributed by atoms with Crippen LogP contribution in [0.5, 0.6) is 0 Å². The average molecular weight is 299 g/mol. The molecule has 0 radical (unpaired) electrons. The molecule has 7 heteroatoms. The first-order valence-electron chi connectivity index (χ1n) is 7.49. The van der Waals surface area contributed by atoms with Gasteiger partial charge in [-0.05, 0) is 39.8 Å². The van der Waals surface area contributed by atoms with E-state index in [1.165, 1.54) is 0 Å². The predicted octanol–water partition coefficient (Wildman–Crippen LogP) is -0.0539. The number of carbonyl (C=O) groups excluding carboxylic acids is 1. The van der Waals surface area contributed by atoms with Crippen LogP contribution in [-0.2, 0) is 4.79 Å². The minimum Gasteiger partial charge on any atom is -0.481 e. The zero-order valence-electron chi connectivity index (χ0n) is 12.7. The number of aliphatic hydroxyl groups is 1. The van der Waals surface area contributed by atoms with E-state index >= 15 is 0 Å². The maximum atomic E-state index is 12.4. The van der Waals surface area contributed by atoms with Crippen molar-refractivity contribution in [1.82, 2.24) is 15.1 Å². The van der Waals surface area contributed by atoms with Gasteiger partial charge in [0.15, 0.2) is 0 Å². The fourth-order valence-electron chi connectivity index (χ4n) is 3.33. The van der Waals surface area contributed by atoms with Crippen LogP contribution in [0.4, 0.5) is 4.79 Å². The molecule has 120 valence electrons. The maximum absolute atomic E-state index is 12.4. The van der Waals surface area contributed by atoms with Gasteiger partial charge in [-0.15, -0.1) is 0 Å². The third kappa shape index (κ3) is 4.07. The number of likely N-dealkylation sites (N-methyl/N-ethyl adjacent to an activating group) is 1. The lowest BCUT2D eigenvalue weighted by Crippen LogP contribution is -2.49. The van der Waals surface area contributed by atoms with Crippen LogP contribution in [0.2, 0.25) is 0 Å². The van der Waals surface area contributed by atoms with E-state index in [1.807, 2.05) is 19.0 Å². The summed E-state index contributed by atoms with van der Waals surface area (Å²) in [6.45, 7) is 1.06. The molecule has 0 spiro atoms. The number of carboxylic acid groups (broad SMARTS) is 1. The van der Waals surface area contributed by atoms with Crippen molar-refractivity contribution < 1.29 is 19.8 Å². The number of nitrogens with zero attached hydrogens (tertiary/aromatic N) is 2. The number of hydrogen-bond donors (Lipinski definition) is 3. The van der Waals surface area contributed by atoms with Gasteiger partial charge >= 0.3 is 12.0 Å². The summed E-state index contributed by atoms with van der Waals surface area (Å²) < 4.78 is 0. The molecule has 2 fully saturated rings. The van der Waals surface area contributed by atoms with E-state index in [2.05, 4.69) is 5.32 Å². The summed E-state index contributed by atoms with van der Waals surface area (Å²) in [7, 11) is 3.88. The molecular formula is C14H25N3O4. The topological polar surface area (TPSA) is 93.1 Å². The van der Waals surface area contributed by atoms with Gasteiger partial charge in [0, 0.05) is 25.2 Å². The fourth-order valence-corrected chi connectivity index (χ4v) is 3.33. The van der Waals surface area contributed by atoms with Crippen molar-refractivity contribution in [1.29, 1.82) is 0 Å². The third-order valence-corrected chi connectivity index (χ3v) is 4.34. The van der Waals surface area contributed by atoms with Crippen LogP contribution < -0.4 is 5.32 Å². The summed E-state index contributed by atoms with van der Waals surface area (Å²) in [5, 5.41) is 21.7. The van der Waals surface area contributed by atoms with Crippen molar-refractivity contribution in [2.24, 2.45) is 5.92 Å². The summed E-state index contributed by atoms with van der Waals surface area (Å²) in [6.07, 6.45) is 1.93. The lowest BCUT2D eigenvalue weighted by Gasteiger charge is -2.28. The van der Waals surface area contributed by atoms with E-state index in [0.717, 1.165) is 0 Å². The molecule has 2 unspecified atom stereocenters. The Morgan fingerprint density at radius 3 is 2.57 bits per heavy atom. The Labute approximate surface area is 124 Å². The quantitative estimate of drug-likeness (QED) is 0.676. The first-order valence-corrected chi connectivity index (χ1v) is 7.49. The van der Waals surface area contributed by atoms with Crippen molar-refractivity contribution in [2.45, 2.75) is 43.9 Å². The summed E-state index contributed by atoms with van der Waals surface area (Å²) in [6, 6.07) is -0.252. The molecule has 1 heterocycles. The second kappa shape index (κ2) is 6.62. The van der Waals surface area contributed by atoms with Gasteiger partial charge in [-0.2, -0.15) is 0 Å².